The Labute approximate surface area is 146 Å². The second-order valence-corrected chi connectivity index (χ2v) is 7.06. The second-order valence-electron chi connectivity index (χ2n) is 4.90. The average molecular weight is 450 g/mol. The number of rotatable bonds is 2. The van der Waals surface area contributed by atoms with Crippen molar-refractivity contribution in [2.75, 3.05) is 0 Å². The van der Waals surface area contributed by atoms with Crippen LogP contribution in [0, 0.1) is 10.5 Å². The number of halogens is 2. The van der Waals surface area contributed by atoms with Gasteiger partial charge in [0, 0.05) is 19.3 Å². The molecule has 3 rings (SSSR count). The fraction of sp³-hybridized carbons (Fsp3) is 0.0556. The van der Waals surface area contributed by atoms with Gasteiger partial charge in [0.1, 0.15) is 0 Å². The van der Waals surface area contributed by atoms with Gasteiger partial charge in [-0.05, 0) is 77.0 Å². The molecule has 0 unspecified atom stereocenters. The molecule has 0 bridgehead atoms. The maximum absolute atomic E-state index is 4.66. The van der Waals surface area contributed by atoms with Crippen molar-refractivity contribution in [3.8, 4) is 22.4 Å². The van der Waals surface area contributed by atoms with Gasteiger partial charge in [-0.1, -0.05) is 40.2 Å². The topological polar surface area (TPSA) is 12.9 Å². The van der Waals surface area contributed by atoms with Crippen molar-refractivity contribution in [3.63, 3.8) is 0 Å². The molecule has 0 aliphatic rings. The lowest BCUT2D eigenvalue weighted by Gasteiger charge is -2.08. The second kappa shape index (κ2) is 6.28. The first-order valence-electron chi connectivity index (χ1n) is 6.62. The van der Waals surface area contributed by atoms with Gasteiger partial charge in [-0.2, -0.15) is 0 Å². The molecule has 1 heterocycles. The summed E-state index contributed by atoms with van der Waals surface area (Å²) in [6.45, 7) is 2.04. The molecule has 2 aromatic carbocycles. The lowest BCUT2D eigenvalue weighted by atomic mass is 10.0. The summed E-state index contributed by atoms with van der Waals surface area (Å²) >= 11 is 5.79. The van der Waals surface area contributed by atoms with E-state index in [1.54, 1.807) is 0 Å². The summed E-state index contributed by atoms with van der Waals surface area (Å²) in [4.78, 5) is 4.66. The van der Waals surface area contributed by atoms with Crippen molar-refractivity contribution in [1.82, 2.24) is 4.98 Å². The van der Waals surface area contributed by atoms with Crippen molar-refractivity contribution >= 4 is 38.5 Å². The van der Waals surface area contributed by atoms with Crippen LogP contribution in [0.3, 0.4) is 0 Å². The molecule has 21 heavy (non-hydrogen) atoms. The number of pyridine rings is 1. The smallest absolute Gasteiger partial charge is 0.0711 e. The summed E-state index contributed by atoms with van der Waals surface area (Å²) in [5.41, 5.74) is 5.60. The van der Waals surface area contributed by atoms with Crippen LogP contribution in [-0.2, 0) is 0 Å². The largest absolute Gasteiger partial charge is 0.253 e. The van der Waals surface area contributed by atoms with Crippen LogP contribution in [0.15, 0.2) is 65.1 Å². The van der Waals surface area contributed by atoms with Gasteiger partial charge in [0.25, 0.3) is 0 Å². The quantitative estimate of drug-likeness (QED) is 0.431. The van der Waals surface area contributed by atoms with E-state index in [1.807, 2.05) is 19.1 Å². The highest BCUT2D eigenvalue weighted by Gasteiger charge is 2.05. The first-order valence-corrected chi connectivity index (χ1v) is 8.49. The number of hydrogen-bond acceptors (Lipinski definition) is 1. The molecule has 3 heteroatoms. The average Bonchev–Trinajstić information content (AvgIpc) is 2.48. The van der Waals surface area contributed by atoms with E-state index in [-0.39, 0.29) is 0 Å². The minimum Gasteiger partial charge on any atom is -0.253 e. The van der Waals surface area contributed by atoms with Gasteiger partial charge >= 0.3 is 0 Å². The zero-order valence-corrected chi connectivity index (χ0v) is 15.2. The molecule has 0 radical (unpaired) electrons. The molecule has 0 atom stereocenters. The summed E-state index contributed by atoms with van der Waals surface area (Å²) in [6.07, 6.45) is 0. The van der Waals surface area contributed by atoms with E-state index in [1.165, 1.54) is 14.7 Å². The van der Waals surface area contributed by atoms with E-state index in [2.05, 4.69) is 92.0 Å². The molecule has 1 aromatic heterocycles. The number of benzene rings is 2. The van der Waals surface area contributed by atoms with E-state index in [4.69, 9.17) is 0 Å². The normalized spacial score (nSPS) is 10.6. The molecule has 0 aliphatic heterocycles. The van der Waals surface area contributed by atoms with Crippen molar-refractivity contribution in [1.29, 1.82) is 0 Å². The minimum absolute atomic E-state index is 1.01. The van der Waals surface area contributed by atoms with Crippen LogP contribution in [0.1, 0.15) is 5.69 Å². The number of aromatic nitrogens is 1. The summed E-state index contributed by atoms with van der Waals surface area (Å²) in [7, 11) is 0. The zero-order valence-electron chi connectivity index (χ0n) is 11.5. The first-order chi connectivity index (χ1) is 10.1. The molecule has 0 fully saturated rings. The zero-order chi connectivity index (χ0) is 14.8. The van der Waals surface area contributed by atoms with Gasteiger partial charge in [-0.15, -0.1) is 0 Å². The fourth-order valence-corrected chi connectivity index (χ4v) is 2.87. The van der Waals surface area contributed by atoms with E-state index in [0.29, 0.717) is 0 Å². The van der Waals surface area contributed by atoms with Gasteiger partial charge in [0.15, 0.2) is 0 Å². The molecule has 0 aliphatic carbocycles. The van der Waals surface area contributed by atoms with Crippen LogP contribution in [0.4, 0.5) is 0 Å². The highest BCUT2D eigenvalue weighted by molar-refractivity contribution is 14.1. The Morgan fingerprint density at radius 1 is 0.810 bits per heavy atom. The van der Waals surface area contributed by atoms with E-state index in [0.717, 1.165) is 21.4 Å². The van der Waals surface area contributed by atoms with Gasteiger partial charge in [0.05, 0.1) is 5.69 Å². The fourth-order valence-electron chi connectivity index (χ4n) is 2.25. The van der Waals surface area contributed by atoms with E-state index >= 15 is 0 Å². The third-order valence-corrected chi connectivity index (χ3v) is 4.52. The Morgan fingerprint density at radius 2 is 1.43 bits per heavy atom. The highest BCUT2D eigenvalue weighted by Crippen LogP contribution is 2.27. The predicted octanol–water partition coefficient (Wildman–Crippen LogP) is 6.09. The lowest BCUT2D eigenvalue weighted by Crippen LogP contribution is -1.90. The van der Waals surface area contributed by atoms with Crippen molar-refractivity contribution in [3.05, 3.63) is 74.4 Å². The molecular formula is C18H13BrIN. The van der Waals surface area contributed by atoms with Crippen LogP contribution in [0.5, 0.6) is 0 Å². The third kappa shape index (κ3) is 3.52. The van der Waals surface area contributed by atoms with Gasteiger partial charge in [-0.25, -0.2) is 0 Å². The molecule has 0 amide bonds. The number of aryl methyl sites for hydroxylation is 1. The highest BCUT2D eigenvalue weighted by atomic mass is 127. The Bertz CT molecular complexity index is 700. The molecule has 104 valence electrons. The summed E-state index contributed by atoms with van der Waals surface area (Å²) < 4.78 is 2.33. The standard InChI is InChI=1S/C18H13BrIN/c1-12-10-15(13-4-8-17(20)9-5-13)11-18(21-12)14-2-6-16(19)7-3-14/h2-11H,1H3. The van der Waals surface area contributed by atoms with Crippen LogP contribution in [-0.4, -0.2) is 4.98 Å². The SMILES string of the molecule is Cc1cc(-c2ccc(I)cc2)cc(-c2ccc(Br)cc2)n1. The van der Waals surface area contributed by atoms with E-state index in [9.17, 15) is 0 Å². The minimum atomic E-state index is 1.01. The Hall–Kier alpha value is -1.20. The molecule has 3 aromatic rings. The van der Waals surface area contributed by atoms with Crippen molar-refractivity contribution < 1.29 is 0 Å². The van der Waals surface area contributed by atoms with Gasteiger partial charge in [0.2, 0.25) is 0 Å². The van der Waals surface area contributed by atoms with Crippen LogP contribution >= 0.6 is 38.5 Å². The molecule has 0 saturated heterocycles. The maximum Gasteiger partial charge on any atom is 0.0711 e. The van der Waals surface area contributed by atoms with Crippen molar-refractivity contribution in [2.24, 2.45) is 0 Å². The summed E-state index contributed by atoms with van der Waals surface area (Å²) in [6, 6.07) is 21.1. The lowest BCUT2D eigenvalue weighted by molar-refractivity contribution is 1.21. The van der Waals surface area contributed by atoms with Crippen LogP contribution in [0.2, 0.25) is 0 Å². The molecular weight excluding hydrogens is 437 g/mol. The Morgan fingerprint density at radius 3 is 2.10 bits per heavy atom. The van der Waals surface area contributed by atoms with Crippen LogP contribution in [0.25, 0.3) is 22.4 Å². The number of hydrogen-bond donors (Lipinski definition) is 0. The predicted molar refractivity (Wildman–Crippen MR) is 100 cm³/mol. The van der Waals surface area contributed by atoms with E-state index < -0.39 is 0 Å². The molecule has 0 spiro atoms. The third-order valence-electron chi connectivity index (χ3n) is 3.27. The van der Waals surface area contributed by atoms with Gasteiger partial charge < -0.3 is 0 Å². The van der Waals surface area contributed by atoms with Crippen molar-refractivity contribution in [2.45, 2.75) is 6.92 Å². The van der Waals surface area contributed by atoms with Gasteiger partial charge in [-0.3, -0.25) is 4.98 Å². The monoisotopic (exact) mass is 449 g/mol. The molecule has 0 N–H and O–H groups in total. The summed E-state index contributed by atoms with van der Waals surface area (Å²) in [5.74, 6) is 0. The summed E-state index contributed by atoms with van der Waals surface area (Å²) in [5, 5.41) is 0. The molecule has 1 nitrogen and oxygen atoms in total. The number of nitrogens with zero attached hydrogens (tertiary/aromatic N) is 1. The maximum atomic E-state index is 4.66. The first kappa shape index (κ1) is 14.7. The molecule has 0 saturated carbocycles. The van der Waals surface area contributed by atoms with Crippen LogP contribution < -0.4 is 0 Å². The Balaban J connectivity index is 2.07. The Kier molecular flexibility index (Phi) is 4.40.